The monoisotopic (exact) mass is 387 g/mol. The highest BCUT2D eigenvalue weighted by atomic mass is 35.5. The summed E-state index contributed by atoms with van der Waals surface area (Å²) in [4.78, 5) is 14.7. The number of carbonyl (C=O) groups excluding carboxylic acids is 1. The van der Waals surface area contributed by atoms with Crippen molar-refractivity contribution >= 4 is 34.0 Å². The number of nitrogens with one attached hydrogen (secondary N) is 2. The zero-order valence-corrected chi connectivity index (χ0v) is 16.0. The van der Waals surface area contributed by atoms with Gasteiger partial charge in [-0.1, -0.05) is 13.0 Å². The Kier molecular flexibility index (Phi) is 6.71. The second-order valence-corrected chi connectivity index (χ2v) is 8.52. The van der Waals surface area contributed by atoms with E-state index in [2.05, 4.69) is 10.0 Å². The van der Waals surface area contributed by atoms with Crippen LogP contribution in [0.15, 0.2) is 24.3 Å². The first-order valence-corrected chi connectivity index (χ1v) is 10.3. The van der Waals surface area contributed by atoms with E-state index in [1.54, 1.807) is 24.3 Å². The van der Waals surface area contributed by atoms with Crippen LogP contribution in [0.1, 0.15) is 43.0 Å². The normalized spacial score (nSPS) is 22.8. The molecule has 2 fully saturated rings. The predicted octanol–water partition coefficient (Wildman–Crippen LogP) is 2.23. The van der Waals surface area contributed by atoms with Crippen LogP contribution in [-0.2, 0) is 10.0 Å². The Labute approximate surface area is 155 Å². The maximum Gasteiger partial charge on any atom is 0.253 e. The minimum Gasteiger partial charge on any atom is -0.337 e. The van der Waals surface area contributed by atoms with E-state index in [9.17, 15) is 13.2 Å². The molecule has 1 aromatic rings. The van der Waals surface area contributed by atoms with Crippen LogP contribution in [-0.4, -0.2) is 50.2 Å². The quantitative estimate of drug-likeness (QED) is 0.812. The predicted molar refractivity (Wildman–Crippen MR) is 102 cm³/mol. The topological polar surface area (TPSA) is 78.5 Å². The number of nitrogens with zero attached hydrogens (tertiary/aromatic N) is 1. The fourth-order valence-corrected chi connectivity index (χ4v) is 4.65. The summed E-state index contributed by atoms with van der Waals surface area (Å²) in [5.74, 6) is 0.0485. The van der Waals surface area contributed by atoms with Gasteiger partial charge in [-0.3, -0.25) is 9.52 Å². The Morgan fingerprint density at radius 2 is 2.04 bits per heavy atom. The van der Waals surface area contributed by atoms with Crippen LogP contribution in [0, 0.1) is 0 Å². The number of rotatable bonds is 5. The maximum absolute atomic E-state index is 12.8. The van der Waals surface area contributed by atoms with Crippen LogP contribution in [0.5, 0.6) is 0 Å². The largest absolute Gasteiger partial charge is 0.337 e. The van der Waals surface area contributed by atoms with E-state index in [4.69, 9.17) is 0 Å². The number of hydrogen-bond acceptors (Lipinski definition) is 4. The first-order chi connectivity index (χ1) is 11.5. The average molecular weight is 388 g/mol. The van der Waals surface area contributed by atoms with Gasteiger partial charge in [-0.15, -0.1) is 12.4 Å². The SMILES string of the molecule is CCCS(=O)(=O)Nc1cccc(C(=O)N2CCC3CCC(C2)N3)c1.Cl. The van der Waals surface area contributed by atoms with Gasteiger partial charge in [-0.05, 0) is 43.9 Å². The maximum atomic E-state index is 12.8. The van der Waals surface area contributed by atoms with Crippen molar-refractivity contribution in [1.82, 2.24) is 10.2 Å². The van der Waals surface area contributed by atoms with E-state index in [1.165, 1.54) is 6.42 Å². The van der Waals surface area contributed by atoms with Gasteiger partial charge in [0.2, 0.25) is 10.0 Å². The Morgan fingerprint density at radius 3 is 2.80 bits per heavy atom. The summed E-state index contributed by atoms with van der Waals surface area (Å²) in [6, 6.07) is 7.69. The molecule has 8 heteroatoms. The Morgan fingerprint density at radius 1 is 1.28 bits per heavy atom. The molecule has 0 aromatic heterocycles. The molecule has 140 valence electrons. The van der Waals surface area contributed by atoms with Crippen LogP contribution in [0.2, 0.25) is 0 Å². The van der Waals surface area contributed by atoms with E-state index in [0.29, 0.717) is 29.8 Å². The molecule has 1 amide bonds. The van der Waals surface area contributed by atoms with E-state index < -0.39 is 10.0 Å². The van der Waals surface area contributed by atoms with Gasteiger partial charge in [-0.2, -0.15) is 0 Å². The van der Waals surface area contributed by atoms with Crippen LogP contribution in [0.4, 0.5) is 5.69 Å². The molecule has 3 rings (SSSR count). The molecule has 2 N–H and O–H groups in total. The lowest BCUT2D eigenvalue weighted by Gasteiger charge is -2.24. The smallest absolute Gasteiger partial charge is 0.253 e. The van der Waals surface area contributed by atoms with Crippen molar-refractivity contribution < 1.29 is 13.2 Å². The zero-order chi connectivity index (χ0) is 17.2. The molecule has 0 aliphatic carbocycles. The molecule has 0 spiro atoms. The van der Waals surface area contributed by atoms with Gasteiger partial charge in [0, 0.05) is 36.4 Å². The number of sulfonamides is 1. The Balaban J connectivity index is 0.00000225. The van der Waals surface area contributed by atoms with E-state index in [0.717, 1.165) is 25.9 Å². The number of halogens is 1. The zero-order valence-electron chi connectivity index (χ0n) is 14.4. The number of hydrogen-bond donors (Lipinski definition) is 2. The summed E-state index contributed by atoms with van der Waals surface area (Å²) in [5, 5.41) is 3.56. The third-order valence-corrected chi connectivity index (χ3v) is 6.16. The van der Waals surface area contributed by atoms with Gasteiger partial charge in [0.15, 0.2) is 0 Å². The molecule has 1 aromatic carbocycles. The average Bonchev–Trinajstić information content (AvgIpc) is 2.85. The first-order valence-electron chi connectivity index (χ1n) is 8.63. The third kappa shape index (κ3) is 5.09. The van der Waals surface area contributed by atoms with Gasteiger partial charge < -0.3 is 10.2 Å². The molecular weight excluding hydrogens is 362 g/mol. The molecule has 2 unspecified atom stereocenters. The molecule has 2 bridgehead atoms. The van der Waals surface area contributed by atoms with Gasteiger partial charge in [0.25, 0.3) is 5.91 Å². The summed E-state index contributed by atoms with van der Waals surface area (Å²) >= 11 is 0. The molecule has 2 aliphatic rings. The van der Waals surface area contributed by atoms with Crippen molar-refractivity contribution in [2.24, 2.45) is 0 Å². The minimum absolute atomic E-state index is 0. The van der Waals surface area contributed by atoms with Crippen LogP contribution in [0.25, 0.3) is 0 Å². The van der Waals surface area contributed by atoms with Gasteiger partial charge in [0.1, 0.15) is 0 Å². The lowest BCUT2D eigenvalue weighted by atomic mass is 10.1. The molecule has 25 heavy (non-hydrogen) atoms. The Bertz CT molecular complexity index is 711. The molecule has 0 radical (unpaired) electrons. The fourth-order valence-electron chi connectivity index (χ4n) is 3.53. The van der Waals surface area contributed by atoms with Crippen molar-refractivity contribution in [3.8, 4) is 0 Å². The highest BCUT2D eigenvalue weighted by Crippen LogP contribution is 2.22. The summed E-state index contributed by atoms with van der Waals surface area (Å²) < 4.78 is 26.3. The highest BCUT2D eigenvalue weighted by Gasteiger charge is 2.31. The summed E-state index contributed by atoms with van der Waals surface area (Å²) in [6.07, 6.45) is 3.84. The summed E-state index contributed by atoms with van der Waals surface area (Å²) in [6.45, 7) is 3.29. The van der Waals surface area contributed by atoms with E-state index >= 15 is 0 Å². The number of fused-ring (bicyclic) bond motifs is 2. The molecule has 2 saturated heterocycles. The number of likely N-dealkylation sites (tertiary alicyclic amines) is 1. The number of anilines is 1. The molecule has 6 nitrogen and oxygen atoms in total. The summed E-state index contributed by atoms with van der Waals surface area (Å²) in [7, 11) is -3.35. The van der Waals surface area contributed by atoms with Crippen molar-refractivity contribution in [2.45, 2.75) is 44.7 Å². The van der Waals surface area contributed by atoms with Gasteiger partial charge >= 0.3 is 0 Å². The lowest BCUT2D eigenvalue weighted by molar-refractivity contribution is 0.0748. The van der Waals surface area contributed by atoms with Gasteiger partial charge in [0.05, 0.1) is 5.75 Å². The molecule has 2 aliphatic heterocycles. The second-order valence-electron chi connectivity index (χ2n) is 6.68. The van der Waals surface area contributed by atoms with Crippen molar-refractivity contribution in [1.29, 1.82) is 0 Å². The molecule has 0 saturated carbocycles. The third-order valence-electron chi connectivity index (χ3n) is 4.67. The van der Waals surface area contributed by atoms with Crippen LogP contribution < -0.4 is 10.0 Å². The minimum atomic E-state index is -3.35. The molecule has 2 heterocycles. The fraction of sp³-hybridized carbons (Fsp3) is 0.588. The van der Waals surface area contributed by atoms with E-state index in [1.807, 2.05) is 11.8 Å². The number of amides is 1. The standard InChI is InChI=1S/C17H25N3O3S.ClH/c1-2-10-24(22,23)19-15-5-3-4-13(11-15)17(21)20-9-8-14-6-7-16(12-20)18-14;/h3-5,11,14,16,18-19H,2,6-10,12H2,1H3;1H. The van der Waals surface area contributed by atoms with Crippen LogP contribution in [0.3, 0.4) is 0 Å². The second kappa shape index (κ2) is 8.38. The molecular formula is C17H26ClN3O3S. The highest BCUT2D eigenvalue weighted by molar-refractivity contribution is 7.92. The summed E-state index contributed by atoms with van der Waals surface area (Å²) in [5.41, 5.74) is 0.980. The first kappa shape index (κ1) is 20.0. The van der Waals surface area contributed by atoms with Crippen molar-refractivity contribution in [2.75, 3.05) is 23.6 Å². The van der Waals surface area contributed by atoms with E-state index in [-0.39, 0.29) is 24.1 Å². The van der Waals surface area contributed by atoms with Crippen LogP contribution >= 0.6 is 12.4 Å². The van der Waals surface area contributed by atoms with Crippen molar-refractivity contribution in [3.05, 3.63) is 29.8 Å². The number of benzene rings is 1. The molecule has 2 atom stereocenters. The lowest BCUT2D eigenvalue weighted by Crippen LogP contribution is -2.39. The van der Waals surface area contributed by atoms with Gasteiger partial charge in [-0.25, -0.2) is 8.42 Å². The number of carbonyl (C=O) groups is 1. The Hall–Kier alpha value is -1.31. The van der Waals surface area contributed by atoms with Crippen molar-refractivity contribution in [3.63, 3.8) is 0 Å².